The van der Waals surface area contributed by atoms with Crippen molar-refractivity contribution in [3.05, 3.63) is 84.4 Å². The number of nitrogens with one attached hydrogen (secondary N) is 1. The van der Waals surface area contributed by atoms with Crippen LogP contribution in [0.2, 0.25) is 0 Å². The van der Waals surface area contributed by atoms with E-state index in [9.17, 15) is 14.4 Å². The molecule has 7 nitrogen and oxygen atoms in total. The van der Waals surface area contributed by atoms with Crippen molar-refractivity contribution in [2.45, 2.75) is 5.60 Å². The number of ketones is 1. The Labute approximate surface area is 169 Å². The summed E-state index contributed by atoms with van der Waals surface area (Å²) in [6.07, 6.45) is 0.262. The molecule has 0 aliphatic rings. The molecule has 0 spiro atoms. The molecule has 2 aromatic rings. The first kappa shape index (κ1) is 21.8. The van der Waals surface area contributed by atoms with E-state index in [4.69, 9.17) is 14.2 Å². The molecule has 0 aliphatic carbocycles. The lowest BCUT2D eigenvalue weighted by molar-refractivity contribution is -0.137. The van der Waals surface area contributed by atoms with Crippen LogP contribution in [0, 0.1) is 0 Å². The molecule has 0 aromatic heterocycles. The van der Waals surface area contributed by atoms with Crippen molar-refractivity contribution in [2.24, 2.45) is 0 Å². The van der Waals surface area contributed by atoms with Crippen LogP contribution in [0.5, 0.6) is 0 Å². The van der Waals surface area contributed by atoms with Gasteiger partial charge in [-0.25, -0.2) is 9.59 Å². The van der Waals surface area contributed by atoms with Gasteiger partial charge in [0, 0.05) is 18.7 Å². The number of carbonyl (C=O) groups excluding carboxylic acids is 3. The first-order valence-electron chi connectivity index (χ1n) is 8.94. The van der Waals surface area contributed by atoms with Gasteiger partial charge in [-0.15, -0.1) is 0 Å². The predicted molar refractivity (Wildman–Crippen MR) is 106 cm³/mol. The molecule has 29 heavy (non-hydrogen) atoms. The Hall–Kier alpha value is -3.45. The molecule has 0 saturated heterocycles. The Morgan fingerprint density at radius 2 is 1.62 bits per heavy atom. The third kappa shape index (κ3) is 5.76. The number of amides is 1. The largest absolute Gasteiger partial charge is 0.461 e. The molecule has 1 unspecified atom stereocenters. The number of ether oxygens (including phenoxy) is 3. The summed E-state index contributed by atoms with van der Waals surface area (Å²) in [7, 11) is 1.39. The van der Waals surface area contributed by atoms with E-state index >= 15 is 0 Å². The van der Waals surface area contributed by atoms with Crippen LogP contribution in [0.15, 0.2) is 73.3 Å². The summed E-state index contributed by atoms with van der Waals surface area (Å²) in [5.41, 5.74) is -0.516. The van der Waals surface area contributed by atoms with Crippen LogP contribution in [-0.2, 0) is 24.6 Å². The lowest BCUT2D eigenvalue weighted by Crippen LogP contribution is -2.44. The second kappa shape index (κ2) is 10.8. The number of carbonyl (C=O) groups is 3. The minimum Gasteiger partial charge on any atom is -0.461 e. The highest BCUT2D eigenvalue weighted by Crippen LogP contribution is 2.30. The highest BCUT2D eigenvalue weighted by Gasteiger charge is 2.42. The Morgan fingerprint density at radius 1 is 1.00 bits per heavy atom. The standard InChI is InChI=1S/C22H23NO6/c1-3-19(24)28-15-14-23-21(26)29-16-22(27-2,18-12-8-5-9-13-18)20(25)17-10-6-4-7-11-17/h3-13H,1,14-16H2,2H3,(H,23,26). The van der Waals surface area contributed by atoms with E-state index in [-0.39, 0.29) is 25.5 Å². The number of Topliss-reactive ketones (excluding diaryl/α,β-unsaturated/α-hetero) is 1. The molecule has 2 rings (SSSR count). The van der Waals surface area contributed by atoms with Crippen LogP contribution in [0.3, 0.4) is 0 Å². The zero-order valence-corrected chi connectivity index (χ0v) is 16.1. The van der Waals surface area contributed by atoms with E-state index in [0.29, 0.717) is 11.1 Å². The van der Waals surface area contributed by atoms with Crippen molar-refractivity contribution in [3.8, 4) is 0 Å². The minimum atomic E-state index is -1.50. The summed E-state index contributed by atoms with van der Waals surface area (Å²) in [5, 5.41) is 2.45. The second-order valence-corrected chi connectivity index (χ2v) is 5.97. The third-order valence-corrected chi connectivity index (χ3v) is 4.18. The molecule has 0 heterocycles. The number of rotatable bonds is 10. The zero-order chi connectivity index (χ0) is 21.1. The van der Waals surface area contributed by atoms with Crippen molar-refractivity contribution < 1.29 is 28.6 Å². The number of hydrogen-bond donors (Lipinski definition) is 1. The molecule has 1 amide bonds. The first-order valence-corrected chi connectivity index (χ1v) is 8.94. The molecular formula is C22H23NO6. The SMILES string of the molecule is C=CC(=O)OCCNC(=O)OCC(OC)(C(=O)c1ccccc1)c1ccccc1. The Kier molecular flexibility index (Phi) is 8.12. The van der Waals surface area contributed by atoms with Gasteiger partial charge in [0.15, 0.2) is 5.60 Å². The van der Waals surface area contributed by atoms with Gasteiger partial charge >= 0.3 is 12.1 Å². The molecule has 0 aliphatic heterocycles. The fourth-order valence-corrected chi connectivity index (χ4v) is 2.66. The number of benzene rings is 2. The van der Waals surface area contributed by atoms with E-state index in [1.165, 1.54) is 7.11 Å². The monoisotopic (exact) mass is 397 g/mol. The van der Waals surface area contributed by atoms with Crippen molar-refractivity contribution in [1.82, 2.24) is 5.32 Å². The normalized spacial score (nSPS) is 12.3. The third-order valence-electron chi connectivity index (χ3n) is 4.18. The van der Waals surface area contributed by atoms with Gasteiger partial charge < -0.3 is 19.5 Å². The first-order chi connectivity index (χ1) is 14.0. The summed E-state index contributed by atoms with van der Waals surface area (Å²) in [5.74, 6) is -0.921. The average Bonchev–Trinajstić information content (AvgIpc) is 2.78. The van der Waals surface area contributed by atoms with Crippen molar-refractivity contribution in [3.63, 3.8) is 0 Å². The summed E-state index contributed by atoms with van der Waals surface area (Å²) in [4.78, 5) is 36.3. The fourth-order valence-electron chi connectivity index (χ4n) is 2.66. The zero-order valence-electron chi connectivity index (χ0n) is 16.1. The number of esters is 1. The van der Waals surface area contributed by atoms with E-state index in [1.54, 1.807) is 54.6 Å². The maximum Gasteiger partial charge on any atom is 0.407 e. The van der Waals surface area contributed by atoms with Crippen molar-refractivity contribution in [1.29, 1.82) is 0 Å². The molecule has 0 saturated carbocycles. The summed E-state index contributed by atoms with van der Waals surface area (Å²) in [6.45, 7) is 2.97. The maximum absolute atomic E-state index is 13.3. The molecule has 1 atom stereocenters. The minimum absolute atomic E-state index is 0.0307. The summed E-state index contributed by atoms with van der Waals surface area (Å²) >= 11 is 0. The van der Waals surface area contributed by atoms with E-state index in [0.717, 1.165) is 6.08 Å². The Bertz CT molecular complexity index is 837. The van der Waals surface area contributed by atoms with Gasteiger partial charge in [-0.05, 0) is 5.56 Å². The molecule has 0 bridgehead atoms. The Morgan fingerprint density at radius 3 is 2.21 bits per heavy atom. The van der Waals surface area contributed by atoms with Crippen molar-refractivity contribution >= 4 is 17.8 Å². The molecule has 0 fully saturated rings. The lowest BCUT2D eigenvalue weighted by Gasteiger charge is -2.31. The van der Waals surface area contributed by atoms with Gasteiger partial charge in [0.1, 0.15) is 13.2 Å². The van der Waals surface area contributed by atoms with Gasteiger partial charge in [-0.2, -0.15) is 0 Å². The molecule has 152 valence electrons. The smallest absolute Gasteiger partial charge is 0.407 e. The van der Waals surface area contributed by atoms with Gasteiger partial charge in [0.25, 0.3) is 0 Å². The summed E-state index contributed by atoms with van der Waals surface area (Å²) < 4.78 is 15.7. The number of methoxy groups -OCH3 is 1. The Balaban J connectivity index is 2.12. The van der Waals surface area contributed by atoms with Gasteiger partial charge in [0.2, 0.25) is 5.78 Å². The number of hydrogen-bond acceptors (Lipinski definition) is 6. The molecular weight excluding hydrogens is 374 g/mol. The molecule has 0 radical (unpaired) electrons. The van der Waals surface area contributed by atoms with E-state index < -0.39 is 17.7 Å². The van der Waals surface area contributed by atoms with Crippen LogP contribution in [0.1, 0.15) is 15.9 Å². The topological polar surface area (TPSA) is 90.9 Å². The van der Waals surface area contributed by atoms with Gasteiger partial charge in [-0.3, -0.25) is 4.79 Å². The summed E-state index contributed by atoms with van der Waals surface area (Å²) in [6, 6.07) is 17.5. The highest BCUT2D eigenvalue weighted by molar-refractivity contribution is 6.03. The van der Waals surface area contributed by atoms with E-state index in [2.05, 4.69) is 11.9 Å². The highest BCUT2D eigenvalue weighted by atomic mass is 16.6. The van der Waals surface area contributed by atoms with Crippen LogP contribution >= 0.6 is 0 Å². The number of alkyl carbamates (subject to hydrolysis) is 1. The predicted octanol–water partition coefficient (Wildman–Crippen LogP) is 2.87. The molecule has 1 N–H and O–H groups in total. The molecule has 2 aromatic carbocycles. The van der Waals surface area contributed by atoms with Gasteiger partial charge in [0.05, 0.1) is 6.54 Å². The average molecular weight is 397 g/mol. The second-order valence-electron chi connectivity index (χ2n) is 5.97. The van der Waals surface area contributed by atoms with E-state index in [1.807, 2.05) is 6.07 Å². The fraction of sp³-hybridized carbons (Fsp3) is 0.227. The van der Waals surface area contributed by atoms with Crippen LogP contribution in [-0.4, -0.2) is 44.7 Å². The lowest BCUT2D eigenvalue weighted by atomic mass is 9.86. The molecule has 7 heteroatoms. The van der Waals surface area contributed by atoms with Gasteiger partial charge in [-0.1, -0.05) is 67.2 Å². The quantitative estimate of drug-likeness (QED) is 0.287. The maximum atomic E-state index is 13.3. The van der Waals surface area contributed by atoms with Crippen LogP contribution < -0.4 is 5.32 Å². The van der Waals surface area contributed by atoms with Crippen molar-refractivity contribution in [2.75, 3.05) is 26.9 Å². The van der Waals surface area contributed by atoms with Crippen LogP contribution in [0.4, 0.5) is 4.79 Å². The van der Waals surface area contributed by atoms with Crippen LogP contribution in [0.25, 0.3) is 0 Å².